The van der Waals surface area contributed by atoms with E-state index >= 15 is 0 Å². The molecule has 2 atom stereocenters. The van der Waals surface area contributed by atoms with Gasteiger partial charge in [0, 0.05) is 25.3 Å². The quantitative estimate of drug-likeness (QED) is 0.633. The Morgan fingerprint density at radius 3 is 2.77 bits per heavy atom. The topological polar surface area (TPSA) is 37.4 Å². The molecule has 0 bridgehead atoms. The number of hydrogen-bond donors (Lipinski definition) is 0. The van der Waals surface area contributed by atoms with E-state index in [0.717, 1.165) is 38.6 Å². The number of nitrogens with zero attached hydrogens (tertiary/aromatic N) is 1. The Bertz CT molecular complexity index is 1050. The van der Waals surface area contributed by atoms with E-state index in [1.54, 1.807) is 0 Å². The lowest BCUT2D eigenvalue weighted by atomic mass is 9.84. The average Bonchev–Trinajstić information content (AvgIpc) is 3.16. The smallest absolute Gasteiger partial charge is 0.223 e. The second-order valence-electron chi connectivity index (χ2n) is 9.44. The number of Topliss-reactive ketones (excluding diaryl/α,β-unsaturated/α-hetero) is 1. The molecule has 1 aliphatic heterocycles. The van der Waals surface area contributed by atoms with Gasteiger partial charge in [0.15, 0.2) is 0 Å². The highest BCUT2D eigenvalue weighted by Gasteiger charge is 2.37. The van der Waals surface area contributed by atoms with Crippen LogP contribution in [0, 0.1) is 12.8 Å². The molecule has 3 heteroatoms. The van der Waals surface area contributed by atoms with E-state index in [4.69, 9.17) is 0 Å². The maximum absolute atomic E-state index is 13.5. The lowest BCUT2D eigenvalue weighted by Crippen LogP contribution is -2.39. The van der Waals surface area contributed by atoms with Gasteiger partial charge in [-0.25, -0.2) is 0 Å². The Labute approximate surface area is 185 Å². The SMILES string of the molecule is Cc1cccc([C@@H]2C3=C(CCN2C(=O)CCC2CCCCC2=O)c2ccccc2C3)c1. The molecule has 2 aliphatic carbocycles. The van der Waals surface area contributed by atoms with Crippen molar-refractivity contribution in [2.45, 2.75) is 64.3 Å². The summed E-state index contributed by atoms with van der Waals surface area (Å²) < 4.78 is 0. The van der Waals surface area contributed by atoms with Crippen molar-refractivity contribution in [3.8, 4) is 0 Å². The molecule has 1 saturated carbocycles. The van der Waals surface area contributed by atoms with Gasteiger partial charge in [0.2, 0.25) is 5.91 Å². The summed E-state index contributed by atoms with van der Waals surface area (Å²) >= 11 is 0. The Hall–Kier alpha value is -2.68. The Kier molecular flexibility index (Phi) is 5.52. The first-order chi connectivity index (χ1) is 15.1. The van der Waals surface area contributed by atoms with Crippen LogP contribution in [0.4, 0.5) is 0 Å². The summed E-state index contributed by atoms with van der Waals surface area (Å²) in [6.45, 7) is 2.87. The lowest BCUT2D eigenvalue weighted by Gasteiger charge is -2.38. The van der Waals surface area contributed by atoms with Gasteiger partial charge in [0.25, 0.3) is 0 Å². The second kappa shape index (κ2) is 8.45. The molecule has 2 aromatic rings. The van der Waals surface area contributed by atoms with Gasteiger partial charge in [-0.15, -0.1) is 0 Å². The number of rotatable bonds is 4. The minimum absolute atomic E-state index is 0.00519. The molecule has 0 radical (unpaired) electrons. The molecule has 0 saturated heterocycles. The summed E-state index contributed by atoms with van der Waals surface area (Å²) in [5, 5.41) is 0. The maximum atomic E-state index is 13.5. The number of amides is 1. The van der Waals surface area contributed by atoms with Gasteiger partial charge in [-0.1, -0.05) is 60.5 Å². The van der Waals surface area contributed by atoms with Crippen molar-refractivity contribution >= 4 is 17.3 Å². The van der Waals surface area contributed by atoms with E-state index in [-0.39, 0.29) is 17.9 Å². The highest BCUT2D eigenvalue weighted by Crippen LogP contribution is 2.47. The number of carbonyl (C=O) groups is 2. The van der Waals surface area contributed by atoms with Crippen LogP contribution in [0.3, 0.4) is 0 Å². The number of hydrogen-bond acceptors (Lipinski definition) is 2. The molecule has 1 amide bonds. The summed E-state index contributed by atoms with van der Waals surface area (Å²) in [6.07, 6.45) is 6.82. The predicted octanol–water partition coefficient (Wildman–Crippen LogP) is 5.82. The molecule has 1 fully saturated rings. The third-order valence-electron chi connectivity index (χ3n) is 7.42. The van der Waals surface area contributed by atoms with Gasteiger partial charge in [-0.3, -0.25) is 9.59 Å². The zero-order chi connectivity index (χ0) is 21.4. The summed E-state index contributed by atoms with van der Waals surface area (Å²) in [7, 11) is 0. The molecular formula is C28H31NO2. The molecular weight excluding hydrogens is 382 g/mol. The average molecular weight is 414 g/mol. The van der Waals surface area contributed by atoms with Crippen LogP contribution in [0.25, 0.3) is 5.57 Å². The Morgan fingerprint density at radius 1 is 1.06 bits per heavy atom. The standard InChI is InChI=1S/C28H31NO2/c1-19-7-6-10-22(17-19)28-25-18-21-9-2-4-11-23(21)24(25)15-16-29(28)27(31)14-13-20-8-3-5-12-26(20)30/h2,4,6-7,9-11,17,20,28H,3,5,8,12-16,18H2,1H3/t20?,28-/m1/s1. The van der Waals surface area contributed by atoms with E-state index in [1.807, 2.05) is 0 Å². The lowest BCUT2D eigenvalue weighted by molar-refractivity contribution is -0.134. The summed E-state index contributed by atoms with van der Waals surface area (Å²) in [5.41, 5.74) is 8.01. The highest BCUT2D eigenvalue weighted by atomic mass is 16.2. The zero-order valence-corrected chi connectivity index (χ0v) is 18.4. The predicted molar refractivity (Wildman–Crippen MR) is 124 cm³/mol. The van der Waals surface area contributed by atoms with Crippen molar-refractivity contribution in [1.82, 2.24) is 4.90 Å². The van der Waals surface area contributed by atoms with Gasteiger partial charge in [-0.2, -0.15) is 0 Å². The fourth-order valence-corrected chi connectivity index (χ4v) is 5.85. The van der Waals surface area contributed by atoms with Crippen LogP contribution >= 0.6 is 0 Å². The summed E-state index contributed by atoms with van der Waals surface area (Å²) in [4.78, 5) is 27.8. The van der Waals surface area contributed by atoms with Gasteiger partial charge in [0.05, 0.1) is 6.04 Å². The van der Waals surface area contributed by atoms with Gasteiger partial charge in [0.1, 0.15) is 5.78 Å². The molecule has 3 nitrogen and oxygen atoms in total. The van der Waals surface area contributed by atoms with E-state index in [2.05, 4.69) is 60.4 Å². The van der Waals surface area contributed by atoms with Crippen LogP contribution in [-0.2, 0) is 16.0 Å². The second-order valence-corrected chi connectivity index (χ2v) is 9.44. The van der Waals surface area contributed by atoms with Crippen LogP contribution in [0.5, 0.6) is 0 Å². The number of benzene rings is 2. The van der Waals surface area contributed by atoms with Crippen molar-refractivity contribution in [3.63, 3.8) is 0 Å². The first-order valence-electron chi connectivity index (χ1n) is 11.8. The fourth-order valence-electron chi connectivity index (χ4n) is 5.85. The molecule has 0 spiro atoms. The molecule has 31 heavy (non-hydrogen) atoms. The van der Waals surface area contributed by atoms with Crippen LogP contribution in [0.2, 0.25) is 0 Å². The number of ketones is 1. The van der Waals surface area contributed by atoms with Gasteiger partial charge < -0.3 is 4.90 Å². The highest BCUT2D eigenvalue weighted by molar-refractivity contribution is 5.85. The normalized spacial score (nSPS) is 23.0. The molecule has 160 valence electrons. The van der Waals surface area contributed by atoms with Crippen molar-refractivity contribution in [2.24, 2.45) is 5.92 Å². The van der Waals surface area contributed by atoms with Gasteiger partial charge in [-0.05, 0) is 66.9 Å². The minimum atomic E-state index is 0.00519. The van der Waals surface area contributed by atoms with Crippen LogP contribution in [0.1, 0.15) is 73.2 Å². The first-order valence-corrected chi connectivity index (χ1v) is 11.8. The molecule has 0 aromatic heterocycles. The summed E-state index contributed by atoms with van der Waals surface area (Å²) in [6, 6.07) is 17.3. The maximum Gasteiger partial charge on any atom is 0.223 e. The molecule has 1 heterocycles. The molecule has 5 rings (SSSR count). The van der Waals surface area contributed by atoms with E-state index in [0.29, 0.717) is 25.0 Å². The number of fused-ring (bicyclic) bond motifs is 2. The monoisotopic (exact) mass is 413 g/mol. The van der Waals surface area contributed by atoms with Crippen molar-refractivity contribution < 1.29 is 9.59 Å². The van der Waals surface area contributed by atoms with E-state index in [9.17, 15) is 9.59 Å². The third kappa shape index (κ3) is 3.86. The van der Waals surface area contributed by atoms with Crippen molar-refractivity contribution in [1.29, 1.82) is 0 Å². The van der Waals surface area contributed by atoms with Crippen LogP contribution < -0.4 is 0 Å². The van der Waals surface area contributed by atoms with E-state index in [1.165, 1.54) is 33.4 Å². The molecule has 0 N–H and O–H groups in total. The van der Waals surface area contributed by atoms with Crippen LogP contribution in [-0.4, -0.2) is 23.1 Å². The molecule has 2 aromatic carbocycles. The largest absolute Gasteiger partial charge is 0.332 e. The first kappa shape index (κ1) is 20.2. The third-order valence-corrected chi connectivity index (χ3v) is 7.42. The Balaban J connectivity index is 1.43. The van der Waals surface area contributed by atoms with Crippen LogP contribution in [0.15, 0.2) is 54.1 Å². The molecule has 1 unspecified atom stereocenters. The molecule has 3 aliphatic rings. The fraction of sp³-hybridized carbons (Fsp3) is 0.429. The summed E-state index contributed by atoms with van der Waals surface area (Å²) in [5.74, 6) is 0.655. The minimum Gasteiger partial charge on any atom is -0.332 e. The zero-order valence-electron chi connectivity index (χ0n) is 18.4. The van der Waals surface area contributed by atoms with Crippen molar-refractivity contribution in [2.75, 3.05) is 6.54 Å². The van der Waals surface area contributed by atoms with E-state index < -0.39 is 0 Å². The number of aryl methyl sites for hydroxylation is 1. The Morgan fingerprint density at radius 2 is 1.94 bits per heavy atom. The number of carbonyl (C=O) groups excluding carboxylic acids is 2. The van der Waals surface area contributed by atoms with Crippen molar-refractivity contribution in [3.05, 3.63) is 76.4 Å². The van der Waals surface area contributed by atoms with Gasteiger partial charge >= 0.3 is 0 Å².